The Morgan fingerprint density at radius 1 is 1.37 bits per heavy atom. The van der Waals surface area contributed by atoms with Gasteiger partial charge < -0.3 is 10.6 Å². The van der Waals surface area contributed by atoms with Crippen LogP contribution in [0.1, 0.15) is 35.0 Å². The van der Waals surface area contributed by atoms with E-state index in [0.717, 1.165) is 29.7 Å². The van der Waals surface area contributed by atoms with Gasteiger partial charge in [0, 0.05) is 24.2 Å². The second-order valence-electron chi connectivity index (χ2n) is 6.62. The second-order valence-corrected chi connectivity index (χ2v) is 7.95. The molecule has 0 atom stereocenters. The third-order valence-electron chi connectivity index (χ3n) is 4.62. The van der Waals surface area contributed by atoms with E-state index in [1.165, 1.54) is 30.2 Å². The fourth-order valence-corrected chi connectivity index (χ4v) is 3.86. The van der Waals surface area contributed by atoms with Gasteiger partial charge in [0.2, 0.25) is 0 Å². The molecule has 1 aromatic heterocycles. The zero-order valence-electron chi connectivity index (χ0n) is 15.0. The van der Waals surface area contributed by atoms with E-state index in [9.17, 15) is 4.79 Å². The fraction of sp³-hybridized carbons (Fsp3) is 0.316. The fourth-order valence-electron chi connectivity index (χ4n) is 2.97. The third-order valence-corrected chi connectivity index (χ3v) is 5.72. The normalized spacial score (nSPS) is 14.4. The number of thiocarbonyl (C=S) groups is 1. The van der Waals surface area contributed by atoms with Gasteiger partial charge in [0.1, 0.15) is 6.07 Å². The molecule has 1 fully saturated rings. The first-order chi connectivity index (χ1) is 13.0. The summed E-state index contributed by atoms with van der Waals surface area (Å²) in [6, 6.07) is 11.4. The van der Waals surface area contributed by atoms with Crippen molar-refractivity contribution in [3.05, 3.63) is 46.2 Å². The van der Waals surface area contributed by atoms with E-state index < -0.39 is 0 Å². The van der Waals surface area contributed by atoms with Crippen LogP contribution < -0.4 is 16.1 Å². The maximum Gasteiger partial charge on any atom is 0.289 e. The number of hydrogen-bond acceptors (Lipinski definition) is 6. The lowest BCUT2D eigenvalue weighted by atomic mass is 9.99. The molecule has 140 valence electrons. The van der Waals surface area contributed by atoms with Gasteiger partial charge in [0.25, 0.3) is 5.91 Å². The van der Waals surface area contributed by atoms with Gasteiger partial charge in [-0.15, -0.1) is 11.3 Å². The molecule has 27 heavy (non-hydrogen) atoms. The molecule has 3 N–H and O–H groups in total. The van der Waals surface area contributed by atoms with Gasteiger partial charge in [-0.3, -0.25) is 10.2 Å². The van der Waals surface area contributed by atoms with Crippen molar-refractivity contribution in [3.63, 3.8) is 0 Å². The van der Waals surface area contributed by atoms with Crippen molar-refractivity contribution in [2.24, 2.45) is 11.7 Å². The summed E-state index contributed by atoms with van der Waals surface area (Å²) in [6.45, 7) is 4.41. The number of thiophene rings is 1. The van der Waals surface area contributed by atoms with Crippen LogP contribution in [0.25, 0.3) is 0 Å². The summed E-state index contributed by atoms with van der Waals surface area (Å²) in [6.07, 6.45) is 2.41. The van der Waals surface area contributed by atoms with Crippen molar-refractivity contribution >= 4 is 45.9 Å². The highest BCUT2D eigenvalue weighted by atomic mass is 32.1. The number of nitrogens with two attached hydrogens (primary N) is 1. The van der Waals surface area contributed by atoms with Crippen LogP contribution in [-0.4, -0.2) is 29.1 Å². The van der Waals surface area contributed by atoms with Crippen molar-refractivity contribution in [2.45, 2.75) is 19.8 Å². The Balaban J connectivity index is 1.70. The summed E-state index contributed by atoms with van der Waals surface area (Å²) in [5.41, 5.74) is 11.0. The molecule has 1 amide bonds. The van der Waals surface area contributed by atoms with Crippen LogP contribution in [0.4, 0.5) is 11.4 Å². The highest BCUT2D eigenvalue weighted by Crippen LogP contribution is 2.25. The summed E-state index contributed by atoms with van der Waals surface area (Å²) in [7, 11) is 0. The lowest BCUT2D eigenvalue weighted by Gasteiger charge is -2.32. The number of hydrazine groups is 1. The van der Waals surface area contributed by atoms with E-state index >= 15 is 0 Å². The molecule has 0 saturated carbocycles. The molecule has 0 radical (unpaired) electrons. The maximum atomic E-state index is 12.7. The van der Waals surface area contributed by atoms with Crippen LogP contribution in [0.15, 0.2) is 35.7 Å². The Hall–Kier alpha value is -2.63. The minimum absolute atomic E-state index is 0.0824. The topological polar surface area (TPSA) is 85.4 Å². The zero-order valence-corrected chi connectivity index (χ0v) is 16.6. The van der Waals surface area contributed by atoms with Crippen LogP contribution in [0.5, 0.6) is 0 Å². The molecule has 3 rings (SSSR count). The van der Waals surface area contributed by atoms with Gasteiger partial charge in [0.05, 0.1) is 16.1 Å². The number of amides is 1. The minimum atomic E-state index is -0.386. The number of benzene rings is 1. The first kappa shape index (κ1) is 19.1. The summed E-state index contributed by atoms with van der Waals surface area (Å²) in [5.74, 6) is 0.397. The van der Waals surface area contributed by atoms with Crippen LogP contribution >= 0.6 is 23.6 Å². The molecule has 1 aliphatic heterocycles. The molecule has 6 nitrogen and oxygen atoms in total. The number of nitriles is 1. The number of piperidine rings is 1. The molecule has 0 spiro atoms. The molecule has 1 aliphatic rings. The molecule has 8 heteroatoms. The largest absolute Gasteiger partial charge is 0.374 e. The number of carbonyl (C=O) groups excluding carboxylic acids is 1. The quantitative estimate of drug-likeness (QED) is 0.604. The Kier molecular flexibility index (Phi) is 5.94. The van der Waals surface area contributed by atoms with Crippen LogP contribution in [0, 0.1) is 17.2 Å². The van der Waals surface area contributed by atoms with E-state index in [1.54, 1.807) is 5.38 Å². The molecule has 1 saturated heterocycles. The zero-order chi connectivity index (χ0) is 19.4. The average molecular weight is 400 g/mol. The van der Waals surface area contributed by atoms with E-state index in [1.807, 2.05) is 30.3 Å². The molecule has 2 heterocycles. The molecule has 2 aromatic rings. The Morgan fingerprint density at radius 3 is 2.59 bits per heavy atom. The number of nitrogens with zero attached hydrogens (tertiary/aromatic N) is 3. The van der Waals surface area contributed by atoms with Crippen molar-refractivity contribution in [1.82, 2.24) is 5.01 Å². The van der Waals surface area contributed by atoms with E-state index in [2.05, 4.69) is 17.2 Å². The van der Waals surface area contributed by atoms with Crippen molar-refractivity contribution in [2.75, 3.05) is 23.4 Å². The number of carbonyl (C=O) groups is 1. The maximum absolute atomic E-state index is 12.7. The molecule has 0 bridgehead atoms. The highest BCUT2D eigenvalue weighted by Gasteiger charge is 2.21. The predicted molar refractivity (Wildman–Crippen MR) is 113 cm³/mol. The number of rotatable bonds is 4. The van der Waals surface area contributed by atoms with E-state index in [-0.39, 0.29) is 11.0 Å². The smallest absolute Gasteiger partial charge is 0.289 e. The number of nitrogens with one attached hydrogen (secondary N) is 1. The van der Waals surface area contributed by atoms with Gasteiger partial charge in [0.15, 0.2) is 5.11 Å². The van der Waals surface area contributed by atoms with Gasteiger partial charge >= 0.3 is 0 Å². The minimum Gasteiger partial charge on any atom is -0.374 e. The molecular formula is C19H21N5OS2. The summed E-state index contributed by atoms with van der Waals surface area (Å²) >= 11 is 6.20. The number of anilines is 2. The standard InChI is InChI=1S/C19H21N5OS2/c1-13-6-8-23(9-7-13)16-4-2-15(3-5-16)22-24(19(21)26)18(25)17-10-14(11-20)12-27-17/h2-5,10,12-13,22H,6-9H2,1H3,(H2,21,26). The summed E-state index contributed by atoms with van der Waals surface area (Å²) < 4.78 is 0. The second kappa shape index (κ2) is 8.37. The van der Waals surface area contributed by atoms with Gasteiger partial charge in [-0.05, 0) is 61.3 Å². The lowest BCUT2D eigenvalue weighted by molar-refractivity contribution is 0.0875. The lowest BCUT2D eigenvalue weighted by Crippen LogP contribution is -2.44. The first-order valence-corrected chi connectivity index (χ1v) is 10.0. The first-order valence-electron chi connectivity index (χ1n) is 8.72. The Labute approximate surface area is 168 Å². The van der Waals surface area contributed by atoms with Crippen LogP contribution in [-0.2, 0) is 0 Å². The Morgan fingerprint density at radius 2 is 2.04 bits per heavy atom. The van der Waals surface area contributed by atoms with Crippen molar-refractivity contribution < 1.29 is 4.79 Å². The predicted octanol–water partition coefficient (Wildman–Crippen LogP) is 3.57. The van der Waals surface area contributed by atoms with Gasteiger partial charge in [-0.1, -0.05) is 6.92 Å². The molecule has 0 aliphatic carbocycles. The van der Waals surface area contributed by atoms with Gasteiger partial charge in [-0.25, -0.2) is 0 Å². The molecule has 0 unspecified atom stereocenters. The van der Waals surface area contributed by atoms with E-state index in [0.29, 0.717) is 16.1 Å². The van der Waals surface area contributed by atoms with Crippen LogP contribution in [0.3, 0.4) is 0 Å². The molecular weight excluding hydrogens is 378 g/mol. The van der Waals surface area contributed by atoms with Gasteiger partial charge in [-0.2, -0.15) is 10.3 Å². The third kappa shape index (κ3) is 4.56. The van der Waals surface area contributed by atoms with Crippen molar-refractivity contribution in [3.8, 4) is 6.07 Å². The SMILES string of the molecule is CC1CCN(c2ccc(NN(C(=O)c3cc(C#N)cs3)C(N)=S)cc2)CC1. The summed E-state index contributed by atoms with van der Waals surface area (Å²) in [5, 5.41) is 11.6. The summed E-state index contributed by atoms with van der Waals surface area (Å²) in [4.78, 5) is 15.4. The van der Waals surface area contributed by atoms with Crippen molar-refractivity contribution in [1.29, 1.82) is 5.26 Å². The Bertz CT molecular complexity index is 863. The van der Waals surface area contributed by atoms with E-state index in [4.69, 9.17) is 23.2 Å². The van der Waals surface area contributed by atoms with Crippen LogP contribution in [0.2, 0.25) is 0 Å². The molecule has 1 aromatic carbocycles. The average Bonchev–Trinajstić information content (AvgIpc) is 3.16. The monoisotopic (exact) mass is 399 g/mol. The number of hydrogen-bond donors (Lipinski definition) is 2. The highest BCUT2D eigenvalue weighted by molar-refractivity contribution is 7.80.